The first-order valence-corrected chi connectivity index (χ1v) is 13.7. The zero-order valence-electron chi connectivity index (χ0n) is 24.5. The molecule has 1 aromatic carbocycles. The molecule has 0 heterocycles. The Morgan fingerprint density at radius 3 is 2.24 bits per heavy atom. The van der Waals surface area contributed by atoms with E-state index in [0.717, 1.165) is 0 Å². The van der Waals surface area contributed by atoms with Crippen LogP contribution in [0.25, 0.3) is 0 Å². The Balaban J connectivity index is 1.83. The Morgan fingerprint density at radius 2 is 1.73 bits per heavy atom. The third kappa shape index (κ3) is 4.61. The minimum absolute atomic E-state index is 0.0340. The van der Waals surface area contributed by atoms with Crippen molar-refractivity contribution in [2.75, 3.05) is 33.1 Å². The number of Topliss-reactive ketones (excluding diaryl/α,β-unsaturated/α-hetero) is 3. The Labute approximate surface area is 238 Å². The third-order valence-corrected chi connectivity index (χ3v) is 8.95. The third-order valence-electron chi connectivity index (χ3n) is 8.95. The summed E-state index contributed by atoms with van der Waals surface area (Å²) >= 11 is 0. The van der Waals surface area contributed by atoms with Crippen LogP contribution in [0.15, 0.2) is 6.07 Å². The molecule has 0 aromatic heterocycles. The van der Waals surface area contributed by atoms with Crippen LogP contribution in [0.5, 0.6) is 5.75 Å². The Bertz CT molecular complexity index is 1330. The fraction of sp³-hybridized carbons (Fsp3) is 0.621. The molecule has 3 aliphatic rings. The number of carbonyl (C=O) groups excluding carboxylic acids is 5. The number of anilines is 1. The number of carbonyl (C=O) groups is 5. The van der Waals surface area contributed by atoms with Gasteiger partial charge in [0.25, 0.3) is 0 Å². The van der Waals surface area contributed by atoms with E-state index in [1.54, 1.807) is 64.8 Å². The molecule has 0 radical (unpaired) electrons. The molecule has 2 fully saturated rings. The first-order chi connectivity index (χ1) is 18.8. The molecule has 12 heteroatoms. The Kier molecular flexibility index (Phi) is 7.60. The number of rotatable bonds is 5. The van der Waals surface area contributed by atoms with Gasteiger partial charge in [0.2, 0.25) is 11.8 Å². The molecule has 0 spiro atoms. The first kappa shape index (κ1) is 30.6. The number of phenols is 1. The van der Waals surface area contributed by atoms with Crippen LogP contribution in [0.1, 0.15) is 48.7 Å². The van der Waals surface area contributed by atoms with Gasteiger partial charge in [-0.25, -0.2) is 0 Å². The van der Waals surface area contributed by atoms with Crippen LogP contribution >= 0.6 is 0 Å². The van der Waals surface area contributed by atoms with Crippen LogP contribution in [-0.2, 0) is 32.1 Å². The SMILES string of the molecule is CN(C)c1cc(CNC(=O)C(C)(C)C)c(O)c2c1C[C@@H]1C[C@@H]3[C@@H](N(C)C)C(O)C(C(N)=O)C(=O)[C@]3(O)C(=O)C1C2=O. The Hall–Kier alpha value is -3.35. The van der Waals surface area contributed by atoms with Crippen LogP contribution in [0.4, 0.5) is 5.69 Å². The highest BCUT2D eigenvalue weighted by atomic mass is 16.3. The second-order valence-corrected chi connectivity index (χ2v) is 13.1. The van der Waals surface area contributed by atoms with Crippen molar-refractivity contribution in [3.8, 4) is 5.75 Å². The van der Waals surface area contributed by atoms with E-state index in [4.69, 9.17) is 5.73 Å². The lowest BCUT2D eigenvalue weighted by Crippen LogP contribution is -2.75. The quantitative estimate of drug-likeness (QED) is 0.284. The predicted octanol–water partition coefficient (Wildman–Crippen LogP) is -0.613. The molecule has 41 heavy (non-hydrogen) atoms. The van der Waals surface area contributed by atoms with E-state index in [1.165, 1.54) is 0 Å². The molecule has 6 N–H and O–H groups in total. The number of nitrogens with zero attached hydrogens (tertiary/aromatic N) is 2. The van der Waals surface area contributed by atoms with E-state index in [-0.39, 0.29) is 42.2 Å². The molecular formula is C29H40N4O8. The number of nitrogens with two attached hydrogens (primary N) is 1. The van der Waals surface area contributed by atoms with Crippen molar-refractivity contribution in [3.63, 3.8) is 0 Å². The number of hydrogen-bond acceptors (Lipinski definition) is 10. The van der Waals surface area contributed by atoms with Crippen LogP contribution < -0.4 is 16.0 Å². The number of aliphatic hydroxyl groups excluding tert-OH is 1. The summed E-state index contributed by atoms with van der Waals surface area (Å²) in [6, 6.07) is 0.728. The molecule has 3 unspecified atom stereocenters. The number of benzene rings is 1. The van der Waals surface area contributed by atoms with Gasteiger partial charge in [0, 0.05) is 49.3 Å². The molecule has 3 aliphatic carbocycles. The maximum Gasteiger partial charge on any atom is 0.230 e. The van der Waals surface area contributed by atoms with Crippen molar-refractivity contribution >= 4 is 34.9 Å². The van der Waals surface area contributed by atoms with Gasteiger partial charge in [0.05, 0.1) is 17.6 Å². The molecule has 12 nitrogen and oxygen atoms in total. The molecule has 1 aromatic rings. The van der Waals surface area contributed by atoms with Gasteiger partial charge in [-0.1, -0.05) is 20.8 Å². The molecule has 0 aliphatic heterocycles. The van der Waals surface area contributed by atoms with Crippen LogP contribution in [0, 0.1) is 29.1 Å². The van der Waals surface area contributed by atoms with Crippen molar-refractivity contribution < 1.29 is 39.3 Å². The number of likely N-dealkylation sites (N-methyl/N-ethyl adjacent to an activating group) is 1. The summed E-state index contributed by atoms with van der Waals surface area (Å²) in [4.78, 5) is 69.6. The highest BCUT2D eigenvalue weighted by Crippen LogP contribution is 2.52. The average molecular weight is 573 g/mol. The number of ketones is 3. The van der Waals surface area contributed by atoms with Crippen molar-refractivity contribution in [2.45, 2.75) is 57.9 Å². The predicted molar refractivity (Wildman–Crippen MR) is 148 cm³/mol. The zero-order chi connectivity index (χ0) is 30.9. The van der Waals surface area contributed by atoms with Gasteiger partial charge in [-0.15, -0.1) is 0 Å². The molecular weight excluding hydrogens is 532 g/mol. The van der Waals surface area contributed by atoms with E-state index in [0.29, 0.717) is 11.3 Å². The van der Waals surface area contributed by atoms with Crippen LogP contribution in [-0.4, -0.2) is 95.3 Å². The number of phenolic OH excluding ortho intramolecular Hbond substituents is 1. The van der Waals surface area contributed by atoms with E-state index in [1.807, 2.05) is 0 Å². The minimum atomic E-state index is -2.72. The van der Waals surface area contributed by atoms with Gasteiger partial charge >= 0.3 is 0 Å². The normalized spacial score (nSPS) is 31.3. The smallest absolute Gasteiger partial charge is 0.230 e. The number of aromatic hydroxyl groups is 1. The second kappa shape index (κ2) is 10.2. The van der Waals surface area contributed by atoms with Gasteiger partial charge in [0.1, 0.15) is 11.7 Å². The summed E-state index contributed by atoms with van der Waals surface area (Å²) in [6.45, 7) is 5.15. The first-order valence-electron chi connectivity index (χ1n) is 13.7. The minimum Gasteiger partial charge on any atom is -0.507 e. The van der Waals surface area contributed by atoms with Gasteiger partial charge in [-0.2, -0.15) is 0 Å². The topological polar surface area (TPSA) is 191 Å². The van der Waals surface area contributed by atoms with Crippen LogP contribution in [0.2, 0.25) is 0 Å². The molecule has 2 saturated carbocycles. The number of hydrogen-bond donors (Lipinski definition) is 5. The van der Waals surface area contributed by atoms with Crippen molar-refractivity contribution in [2.24, 2.45) is 34.8 Å². The van der Waals surface area contributed by atoms with Gasteiger partial charge < -0.3 is 36.2 Å². The van der Waals surface area contributed by atoms with Gasteiger partial charge in [-0.3, -0.25) is 24.0 Å². The summed E-state index contributed by atoms with van der Waals surface area (Å²) in [5.41, 5.74) is 3.33. The van der Waals surface area contributed by atoms with E-state index >= 15 is 0 Å². The fourth-order valence-corrected chi connectivity index (χ4v) is 6.90. The average Bonchev–Trinajstić information content (AvgIpc) is 2.84. The zero-order valence-corrected chi connectivity index (χ0v) is 24.5. The highest BCUT2D eigenvalue weighted by Gasteiger charge is 2.69. The lowest BCUT2D eigenvalue weighted by atomic mass is 9.52. The maximum absolute atomic E-state index is 14.1. The van der Waals surface area contributed by atoms with Gasteiger partial charge in [-0.05, 0) is 44.5 Å². The highest BCUT2D eigenvalue weighted by molar-refractivity contribution is 6.25. The maximum atomic E-state index is 14.1. The summed E-state index contributed by atoms with van der Waals surface area (Å²) in [6.07, 6.45) is -1.33. The molecule has 0 bridgehead atoms. The lowest BCUT2D eigenvalue weighted by molar-refractivity contribution is -0.190. The van der Waals surface area contributed by atoms with Crippen molar-refractivity contribution in [1.29, 1.82) is 0 Å². The molecule has 4 rings (SSSR count). The summed E-state index contributed by atoms with van der Waals surface area (Å²) in [5, 5.41) is 36.8. The second-order valence-electron chi connectivity index (χ2n) is 13.1. The number of fused-ring (bicyclic) bond motifs is 3. The van der Waals surface area contributed by atoms with Crippen molar-refractivity contribution in [1.82, 2.24) is 10.2 Å². The van der Waals surface area contributed by atoms with E-state index in [2.05, 4.69) is 5.32 Å². The Morgan fingerprint density at radius 1 is 1.12 bits per heavy atom. The van der Waals surface area contributed by atoms with E-state index in [9.17, 15) is 39.3 Å². The largest absolute Gasteiger partial charge is 0.507 e. The molecule has 0 saturated heterocycles. The molecule has 2 amide bonds. The van der Waals surface area contributed by atoms with E-state index < -0.39 is 70.1 Å². The number of nitrogens with one attached hydrogen (secondary N) is 1. The summed E-state index contributed by atoms with van der Waals surface area (Å²) in [7, 11) is 6.74. The summed E-state index contributed by atoms with van der Waals surface area (Å²) in [5.74, 6) is -9.84. The fourth-order valence-electron chi connectivity index (χ4n) is 6.90. The van der Waals surface area contributed by atoms with Gasteiger partial charge in [0.15, 0.2) is 23.0 Å². The standard InChI is InChI=1S/C29H40N4O8/c1-28(2,3)27(40)31-11-13-10-16(32(4)5)14-8-12-9-15-20(33(6)7)23(36)19(26(30)39)25(38)29(15,41)24(37)17(12)22(35)18(14)21(13)34/h10,12,15,17,19-20,23,34,36,41H,8-9,11H2,1-7H3,(H2,30,39)(H,31,40)/t12-,15-,17?,19?,20-,23?,29-/m1/s1. The number of aliphatic hydroxyl groups is 2. The molecule has 224 valence electrons. The molecule has 7 atom stereocenters. The summed E-state index contributed by atoms with van der Waals surface area (Å²) < 4.78 is 0. The van der Waals surface area contributed by atoms with Crippen molar-refractivity contribution in [3.05, 3.63) is 22.8 Å². The van der Waals surface area contributed by atoms with Crippen LogP contribution in [0.3, 0.4) is 0 Å². The number of amides is 2. The monoisotopic (exact) mass is 572 g/mol. The lowest BCUT2D eigenvalue weighted by Gasteiger charge is -2.55. The number of primary amides is 1.